The van der Waals surface area contributed by atoms with Crippen molar-refractivity contribution in [3.05, 3.63) is 81.3 Å². The van der Waals surface area contributed by atoms with Crippen LogP contribution in [0.1, 0.15) is 65.6 Å². The van der Waals surface area contributed by atoms with Crippen LogP contribution in [0.2, 0.25) is 0 Å². The van der Waals surface area contributed by atoms with Crippen molar-refractivity contribution < 1.29 is 43.3 Å². The molecule has 0 radical (unpaired) electrons. The number of amides is 5. The minimum Gasteiger partial charge on any atom is -0.496 e. The number of aromatic amines is 1. The molecule has 6 N–H and O–H groups in total. The van der Waals surface area contributed by atoms with Crippen LogP contribution in [0, 0.1) is 12.8 Å². The number of carbonyl (C=O) groups is 5. The van der Waals surface area contributed by atoms with E-state index in [2.05, 4.69) is 26.3 Å². The van der Waals surface area contributed by atoms with Gasteiger partial charge in [-0.1, -0.05) is 19.9 Å². The Bertz CT molecular complexity index is 1910. The SMILES string of the molecule is COc1ccc2cc1Oc1cccc(OC)c1CNC(=O)[C@@H](C(C)C)NC(=O)[C@H]([C@@H](C)O)NC(=O)CN(C(=O)c1ccc(C)[nH]c1=O)CCCCNC2=O. The number of methoxy groups -OCH3 is 2. The van der Waals surface area contributed by atoms with Gasteiger partial charge >= 0.3 is 0 Å². The Morgan fingerprint density at radius 3 is 2.28 bits per heavy atom. The molecular formula is C38H48N6O10. The van der Waals surface area contributed by atoms with Crippen LogP contribution in [0.4, 0.5) is 0 Å². The molecule has 0 fully saturated rings. The van der Waals surface area contributed by atoms with Crippen LogP contribution in [0.25, 0.3) is 0 Å². The standard InChI is InChI=1S/C38H48N6O10/c1-21(2)32-36(49)40-19-26-27(52-5)10-9-11-28(26)54-30-18-24(13-15-29(30)53-6)34(47)39-16-7-8-17-44(38(51)25-14-12-22(3)41-35(25)48)20-31(46)42-33(23(4)45)37(50)43-32/h9-15,18,21,23,32-33,45H,7-8,16-17,19-20H2,1-6H3,(H,39,47)(H,40,49)(H,41,48)(H,42,46)(H,43,50)/t23-,32-,33+/m1/s1. The number of rotatable bonds is 5. The summed E-state index contributed by atoms with van der Waals surface area (Å²) in [6.07, 6.45) is -0.677. The number of aryl methyl sites for hydroxylation is 1. The maximum absolute atomic E-state index is 13.6. The molecule has 290 valence electrons. The molecule has 2 aromatic carbocycles. The van der Waals surface area contributed by atoms with E-state index < -0.39 is 65.7 Å². The number of nitrogens with one attached hydrogen (secondary N) is 5. The Hall–Kier alpha value is -5.90. The molecule has 1 aliphatic heterocycles. The molecule has 1 aliphatic rings. The number of aromatic nitrogens is 1. The molecule has 0 spiro atoms. The van der Waals surface area contributed by atoms with Crippen LogP contribution < -0.4 is 41.0 Å². The van der Waals surface area contributed by atoms with Crippen molar-refractivity contribution in [3.63, 3.8) is 0 Å². The summed E-state index contributed by atoms with van der Waals surface area (Å²) in [7, 11) is 2.92. The first-order valence-electron chi connectivity index (χ1n) is 17.6. The number of benzene rings is 2. The molecule has 5 amide bonds. The second-order valence-electron chi connectivity index (χ2n) is 13.2. The molecule has 4 rings (SSSR count). The van der Waals surface area contributed by atoms with E-state index in [0.717, 1.165) is 4.90 Å². The minimum absolute atomic E-state index is 0.0139. The first-order valence-corrected chi connectivity index (χ1v) is 17.6. The molecule has 2 heterocycles. The predicted octanol–water partition coefficient (Wildman–Crippen LogP) is 1.78. The third-order valence-electron chi connectivity index (χ3n) is 8.77. The smallest absolute Gasteiger partial charge is 0.260 e. The van der Waals surface area contributed by atoms with E-state index in [1.54, 1.807) is 57.2 Å². The van der Waals surface area contributed by atoms with Gasteiger partial charge in [-0.15, -0.1) is 0 Å². The van der Waals surface area contributed by atoms with Gasteiger partial charge in [0.1, 0.15) is 29.1 Å². The minimum atomic E-state index is -1.50. The molecule has 1 aromatic heterocycles. The van der Waals surface area contributed by atoms with Gasteiger partial charge < -0.3 is 50.5 Å². The van der Waals surface area contributed by atoms with Crippen molar-refractivity contribution in [2.24, 2.45) is 5.92 Å². The van der Waals surface area contributed by atoms with Gasteiger partial charge in [0.2, 0.25) is 17.7 Å². The Labute approximate surface area is 312 Å². The van der Waals surface area contributed by atoms with Crippen LogP contribution in [0.15, 0.2) is 53.3 Å². The monoisotopic (exact) mass is 748 g/mol. The first-order chi connectivity index (χ1) is 25.7. The average molecular weight is 749 g/mol. The van der Waals surface area contributed by atoms with Gasteiger partial charge in [0.15, 0.2) is 11.5 Å². The maximum atomic E-state index is 13.6. The lowest BCUT2D eigenvalue weighted by Crippen LogP contribution is -2.59. The summed E-state index contributed by atoms with van der Waals surface area (Å²) in [6.45, 7) is 5.98. The number of pyridine rings is 1. The van der Waals surface area contributed by atoms with E-state index in [1.807, 2.05) is 0 Å². The third-order valence-corrected chi connectivity index (χ3v) is 8.77. The highest BCUT2D eigenvalue weighted by atomic mass is 16.5. The molecule has 0 saturated carbocycles. The fourth-order valence-electron chi connectivity index (χ4n) is 5.78. The van der Waals surface area contributed by atoms with Crippen molar-refractivity contribution in [3.8, 4) is 23.0 Å². The summed E-state index contributed by atoms with van der Waals surface area (Å²) in [5.41, 5.74) is 0.449. The van der Waals surface area contributed by atoms with Crippen LogP contribution in [0.3, 0.4) is 0 Å². The van der Waals surface area contributed by atoms with Crippen LogP contribution >= 0.6 is 0 Å². The highest BCUT2D eigenvalue weighted by molar-refractivity contribution is 5.97. The normalized spacial score (nSPS) is 18.6. The lowest BCUT2D eigenvalue weighted by Gasteiger charge is -2.28. The van der Waals surface area contributed by atoms with Crippen molar-refractivity contribution >= 4 is 29.5 Å². The second-order valence-corrected chi connectivity index (χ2v) is 13.2. The highest BCUT2D eigenvalue weighted by Gasteiger charge is 2.32. The van der Waals surface area contributed by atoms with Crippen molar-refractivity contribution in [2.45, 2.75) is 65.3 Å². The van der Waals surface area contributed by atoms with E-state index in [9.17, 15) is 33.9 Å². The van der Waals surface area contributed by atoms with Crippen LogP contribution in [-0.2, 0) is 20.9 Å². The van der Waals surface area contributed by atoms with E-state index in [0.29, 0.717) is 41.3 Å². The zero-order chi connectivity index (χ0) is 39.5. The second kappa shape index (κ2) is 18.7. The van der Waals surface area contributed by atoms with E-state index in [4.69, 9.17) is 14.2 Å². The van der Waals surface area contributed by atoms with Crippen LogP contribution in [-0.4, -0.2) is 96.6 Å². The van der Waals surface area contributed by atoms with Gasteiger partial charge in [-0.3, -0.25) is 28.8 Å². The zero-order valence-corrected chi connectivity index (χ0v) is 31.2. The molecule has 3 aromatic rings. The number of aliphatic hydroxyl groups is 1. The number of fused-ring (bicyclic) bond motifs is 3. The molecule has 54 heavy (non-hydrogen) atoms. The molecule has 16 heteroatoms. The molecule has 0 aliphatic carbocycles. The zero-order valence-electron chi connectivity index (χ0n) is 31.2. The number of ether oxygens (including phenoxy) is 3. The topological polar surface area (TPSA) is 217 Å². The fraction of sp³-hybridized carbons (Fsp3) is 0.421. The van der Waals surface area contributed by atoms with Crippen LogP contribution in [0.5, 0.6) is 23.0 Å². The lowest BCUT2D eigenvalue weighted by atomic mass is 10.0. The summed E-state index contributed by atoms with van der Waals surface area (Å²) in [5, 5.41) is 21.3. The highest BCUT2D eigenvalue weighted by Crippen LogP contribution is 2.37. The fourth-order valence-corrected chi connectivity index (χ4v) is 5.78. The van der Waals surface area contributed by atoms with E-state index in [1.165, 1.54) is 33.3 Å². The number of carbonyl (C=O) groups excluding carboxylic acids is 5. The average Bonchev–Trinajstić information content (AvgIpc) is 3.13. The quantitative estimate of drug-likeness (QED) is 0.222. The number of hydrogen-bond donors (Lipinski definition) is 6. The Morgan fingerprint density at radius 1 is 0.870 bits per heavy atom. The lowest BCUT2D eigenvalue weighted by molar-refractivity contribution is -0.135. The van der Waals surface area contributed by atoms with E-state index >= 15 is 0 Å². The number of hydrogen-bond acceptors (Lipinski definition) is 10. The number of H-pyrrole nitrogens is 1. The van der Waals surface area contributed by atoms with E-state index in [-0.39, 0.29) is 36.5 Å². The molecule has 0 unspecified atom stereocenters. The molecule has 0 saturated heterocycles. The summed E-state index contributed by atoms with van der Waals surface area (Å²) in [6, 6.07) is 10.1. The van der Waals surface area contributed by atoms with Crippen molar-refractivity contribution in [1.82, 2.24) is 31.2 Å². The third kappa shape index (κ3) is 10.4. The summed E-state index contributed by atoms with van der Waals surface area (Å²) < 4.78 is 17.3. The van der Waals surface area contributed by atoms with Crippen molar-refractivity contribution in [1.29, 1.82) is 0 Å². The largest absolute Gasteiger partial charge is 0.496 e. The van der Waals surface area contributed by atoms with Gasteiger partial charge in [0, 0.05) is 24.3 Å². The summed E-state index contributed by atoms with van der Waals surface area (Å²) in [4.78, 5) is 83.7. The molecule has 16 nitrogen and oxygen atoms in total. The maximum Gasteiger partial charge on any atom is 0.260 e. The Balaban J connectivity index is 1.70. The summed E-state index contributed by atoms with van der Waals surface area (Å²) >= 11 is 0. The van der Waals surface area contributed by atoms with Gasteiger partial charge in [0.05, 0.1) is 39.0 Å². The molecule has 3 atom stereocenters. The Kier molecular flexibility index (Phi) is 14.2. The molecular weight excluding hydrogens is 700 g/mol. The molecule has 2 bridgehead atoms. The van der Waals surface area contributed by atoms with Gasteiger partial charge in [-0.25, -0.2) is 0 Å². The van der Waals surface area contributed by atoms with Crippen molar-refractivity contribution in [2.75, 3.05) is 33.9 Å². The van der Waals surface area contributed by atoms with Gasteiger partial charge in [-0.05, 0) is 75.1 Å². The first kappa shape index (κ1) is 40.9. The number of nitrogens with zero attached hydrogens (tertiary/aromatic N) is 1. The van der Waals surface area contributed by atoms with Gasteiger partial charge in [0.25, 0.3) is 17.4 Å². The van der Waals surface area contributed by atoms with Gasteiger partial charge in [-0.2, -0.15) is 0 Å². The Morgan fingerprint density at radius 2 is 1.61 bits per heavy atom. The predicted molar refractivity (Wildman–Crippen MR) is 198 cm³/mol. The number of aliphatic hydroxyl groups excluding tert-OH is 1. The summed E-state index contributed by atoms with van der Waals surface area (Å²) in [5.74, 6) is -2.49.